The first-order chi connectivity index (χ1) is 14.9. The number of aliphatic carboxylic acids is 2. The number of carbonyl (C=O) groups excluding carboxylic acids is 1. The Bertz CT molecular complexity index is 1050. The maximum absolute atomic E-state index is 12.3. The van der Waals surface area contributed by atoms with Crippen molar-refractivity contribution in [3.05, 3.63) is 59.1 Å². The Morgan fingerprint density at radius 3 is 2.42 bits per heavy atom. The molecule has 0 saturated carbocycles. The lowest BCUT2D eigenvalue weighted by Crippen LogP contribution is -2.38. The summed E-state index contributed by atoms with van der Waals surface area (Å²) in [6.07, 6.45) is 7.65. The molecule has 2 N–H and O–H groups in total. The van der Waals surface area contributed by atoms with Crippen molar-refractivity contribution in [2.24, 2.45) is 5.92 Å². The van der Waals surface area contributed by atoms with Crippen LogP contribution in [-0.4, -0.2) is 55.6 Å². The van der Waals surface area contributed by atoms with E-state index in [-0.39, 0.29) is 5.91 Å². The molecule has 0 atom stereocenters. The molecule has 9 heteroatoms. The van der Waals surface area contributed by atoms with E-state index in [1.54, 1.807) is 17.4 Å². The minimum absolute atomic E-state index is 0.125. The lowest BCUT2D eigenvalue weighted by molar-refractivity contribution is -0.159. The Morgan fingerprint density at radius 1 is 1.06 bits per heavy atom. The molecule has 1 aliphatic rings. The minimum atomic E-state index is -1.82. The normalized spacial score (nSPS) is 14.4. The van der Waals surface area contributed by atoms with Gasteiger partial charge in [-0.1, -0.05) is 18.2 Å². The topological polar surface area (TPSA) is 113 Å². The maximum Gasteiger partial charge on any atom is 0.414 e. The van der Waals surface area contributed by atoms with Crippen molar-refractivity contribution < 1.29 is 24.6 Å². The van der Waals surface area contributed by atoms with Crippen LogP contribution in [0, 0.1) is 5.92 Å². The monoisotopic (exact) mass is 441 g/mol. The minimum Gasteiger partial charge on any atom is -0.473 e. The zero-order chi connectivity index (χ0) is 22.2. The second-order valence-corrected chi connectivity index (χ2v) is 8.09. The standard InChI is InChI=1S/C20H21N3OS.C2H2O4/c24-20(8-7-17-4-3-13-25-17)22-11-9-16(10-12-22)14-23-15-21-18-5-1-2-6-19(18)23;3-1(4)2(5)6/h1-8,13,15-16H,9-12,14H2;(H,3,4)(H,5,6). The first-order valence-corrected chi connectivity index (χ1v) is 10.7. The fourth-order valence-electron chi connectivity index (χ4n) is 3.41. The number of piperidine rings is 1. The highest BCUT2D eigenvalue weighted by Crippen LogP contribution is 2.22. The van der Waals surface area contributed by atoms with E-state index >= 15 is 0 Å². The van der Waals surface area contributed by atoms with E-state index in [1.165, 1.54) is 5.52 Å². The Morgan fingerprint density at radius 2 is 1.77 bits per heavy atom. The summed E-state index contributed by atoms with van der Waals surface area (Å²) in [4.78, 5) is 38.1. The number of likely N-dealkylation sites (tertiary alicyclic amines) is 1. The van der Waals surface area contributed by atoms with Gasteiger partial charge in [0.15, 0.2) is 0 Å². The van der Waals surface area contributed by atoms with Crippen molar-refractivity contribution >= 4 is 46.3 Å². The summed E-state index contributed by atoms with van der Waals surface area (Å²) in [5, 5.41) is 16.8. The highest BCUT2D eigenvalue weighted by Gasteiger charge is 2.22. The van der Waals surface area contributed by atoms with Crippen molar-refractivity contribution in [3.8, 4) is 0 Å². The molecule has 0 aliphatic carbocycles. The number of carboxylic acid groups (broad SMARTS) is 2. The molecule has 1 fully saturated rings. The number of carboxylic acids is 2. The third kappa shape index (κ3) is 6.26. The molecule has 162 valence electrons. The average Bonchev–Trinajstić information content (AvgIpc) is 3.43. The number of aromatic nitrogens is 2. The van der Waals surface area contributed by atoms with E-state index in [9.17, 15) is 4.79 Å². The number of imidazole rings is 1. The van der Waals surface area contributed by atoms with E-state index in [2.05, 4.69) is 21.7 Å². The second kappa shape index (κ2) is 10.5. The molecule has 8 nitrogen and oxygen atoms in total. The molecule has 1 aliphatic heterocycles. The molecular formula is C22H23N3O5S. The Labute approximate surface area is 183 Å². The fourth-order valence-corrected chi connectivity index (χ4v) is 4.03. The molecule has 1 aromatic carbocycles. The number of nitrogens with zero attached hydrogens (tertiary/aromatic N) is 3. The van der Waals surface area contributed by atoms with Gasteiger partial charge in [0, 0.05) is 30.6 Å². The van der Waals surface area contributed by atoms with Gasteiger partial charge in [-0.15, -0.1) is 11.3 Å². The molecule has 2 aromatic heterocycles. The van der Waals surface area contributed by atoms with E-state index in [0.717, 1.165) is 42.9 Å². The zero-order valence-electron chi connectivity index (χ0n) is 16.8. The second-order valence-electron chi connectivity index (χ2n) is 7.11. The van der Waals surface area contributed by atoms with Crippen LogP contribution in [0.4, 0.5) is 0 Å². The van der Waals surface area contributed by atoms with Gasteiger partial charge in [-0.05, 0) is 48.4 Å². The van der Waals surface area contributed by atoms with Crippen LogP contribution in [0.3, 0.4) is 0 Å². The molecule has 0 spiro atoms. The summed E-state index contributed by atoms with van der Waals surface area (Å²) in [5.41, 5.74) is 2.24. The van der Waals surface area contributed by atoms with Crippen LogP contribution in [-0.2, 0) is 20.9 Å². The fraction of sp³-hybridized carbons (Fsp3) is 0.273. The average molecular weight is 442 g/mol. The van der Waals surface area contributed by atoms with Gasteiger partial charge in [-0.2, -0.15) is 0 Å². The summed E-state index contributed by atoms with van der Waals surface area (Å²) in [6, 6.07) is 12.3. The van der Waals surface area contributed by atoms with Gasteiger partial charge in [0.1, 0.15) is 0 Å². The van der Waals surface area contributed by atoms with E-state index < -0.39 is 11.9 Å². The number of hydrogen-bond donors (Lipinski definition) is 2. The van der Waals surface area contributed by atoms with Gasteiger partial charge in [-0.3, -0.25) is 4.79 Å². The van der Waals surface area contributed by atoms with Gasteiger partial charge in [0.25, 0.3) is 0 Å². The van der Waals surface area contributed by atoms with Crippen molar-refractivity contribution in [1.29, 1.82) is 0 Å². The molecule has 4 rings (SSSR count). The van der Waals surface area contributed by atoms with Gasteiger partial charge < -0.3 is 19.7 Å². The number of benzene rings is 1. The maximum atomic E-state index is 12.3. The first-order valence-electron chi connectivity index (χ1n) is 9.80. The molecule has 3 aromatic rings. The molecule has 0 unspecified atom stereocenters. The number of fused-ring (bicyclic) bond motifs is 1. The molecule has 0 bridgehead atoms. The highest BCUT2D eigenvalue weighted by atomic mass is 32.1. The van der Waals surface area contributed by atoms with Crippen LogP contribution < -0.4 is 0 Å². The number of thiophene rings is 1. The number of carbonyl (C=O) groups is 3. The molecule has 1 saturated heterocycles. The smallest absolute Gasteiger partial charge is 0.414 e. The molecule has 0 radical (unpaired) electrons. The number of hydrogen-bond acceptors (Lipinski definition) is 5. The van der Waals surface area contributed by atoms with Crippen molar-refractivity contribution in [2.75, 3.05) is 13.1 Å². The van der Waals surface area contributed by atoms with Crippen LogP contribution >= 0.6 is 11.3 Å². The molecule has 3 heterocycles. The van der Waals surface area contributed by atoms with Crippen LogP contribution in [0.1, 0.15) is 17.7 Å². The summed E-state index contributed by atoms with van der Waals surface area (Å²) < 4.78 is 2.24. The lowest BCUT2D eigenvalue weighted by atomic mass is 9.96. The predicted octanol–water partition coefficient (Wildman–Crippen LogP) is 3.21. The van der Waals surface area contributed by atoms with Gasteiger partial charge in [0.05, 0.1) is 17.4 Å². The Kier molecular flexibility index (Phi) is 7.55. The van der Waals surface area contributed by atoms with Crippen molar-refractivity contribution in [2.45, 2.75) is 19.4 Å². The van der Waals surface area contributed by atoms with Crippen LogP contribution in [0.2, 0.25) is 0 Å². The largest absolute Gasteiger partial charge is 0.473 e. The molecule has 31 heavy (non-hydrogen) atoms. The summed E-state index contributed by atoms with van der Waals surface area (Å²) in [6.45, 7) is 2.66. The Hall–Kier alpha value is -3.46. The molecule has 1 amide bonds. The highest BCUT2D eigenvalue weighted by molar-refractivity contribution is 7.10. The predicted molar refractivity (Wildman–Crippen MR) is 118 cm³/mol. The van der Waals surface area contributed by atoms with Gasteiger partial charge >= 0.3 is 11.9 Å². The third-order valence-corrected chi connectivity index (χ3v) is 5.86. The first kappa shape index (κ1) is 22.2. The van der Waals surface area contributed by atoms with Crippen LogP contribution in [0.25, 0.3) is 17.1 Å². The zero-order valence-corrected chi connectivity index (χ0v) is 17.6. The van der Waals surface area contributed by atoms with Gasteiger partial charge in [-0.25, -0.2) is 14.6 Å². The lowest BCUT2D eigenvalue weighted by Gasteiger charge is -2.31. The molecular weight excluding hydrogens is 418 g/mol. The number of amides is 1. The Balaban J connectivity index is 0.000000401. The van der Waals surface area contributed by atoms with Crippen LogP contribution in [0.15, 0.2) is 54.2 Å². The number of para-hydroxylation sites is 2. The van der Waals surface area contributed by atoms with Crippen molar-refractivity contribution in [1.82, 2.24) is 14.5 Å². The van der Waals surface area contributed by atoms with E-state index in [1.807, 2.05) is 46.9 Å². The van der Waals surface area contributed by atoms with E-state index in [0.29, 0.717) is 5.92 Å². The van der Waals surface area contributed by atoms with Crippen LogP contribution in [0.5, 0.6) is 0 Å². The summed E-state index contributed by atoms with van der Waals surface area (Å²) in [5.74, 6) is -2.92. The summed E-state index contributed by atoms with van der Waals surface area (Å²) in [7, 11) is 0. The number of rotatable bonds is 4. The van der Waals surface area contributed by atoms with E-state index in [4.69, 9.17) is 19.8 Å². The van der Waals surface area contributed by atoms with Gasteiger partial charge in [0.2, 0.25) is 5.91 Å². The summed E-state index contributed by atoms with van der Waals surface area (Å²) >= 11 is 1.65. The SMILES string of the molecule is O=C(C=Cc1cccs1)N1CCC(Cn2cnc3ccccc32)CC1.O=C(O)C(=O)O. The third-order valence-electron chi connectivity index (χ3n) is 5.02. The quantitative estimate of drug-likeness (QED) is 0.475. The van der Waals surface area contributed by atoms with Crippen molar-refractivity contribution in [3.63, 3.8) is 0 Å².